The number of rotatable bonds is 5. The van der Waals surface area contributed by atoms with Gasteiger partial charge in [0.15, 0.2) is 0 Å². The molecule has 3 amide bonds. The molecule has 7 nitrogen and oxygen atoms in total. The van der Waals surface area contributed by atoms with Crippen LogP contribution in [0.3, 0.4) is 0 Å². The number of hydrogen-bond acceptors (Lipinski definition) is 4. The van der Waals surface area contributed by atoms with Crippen molar-refractivity contribution in [2.24, 2.45) is 0 Å². The van der Waals surface area contributed by atoms with Crippen LogP contribution in [0.1, 0.15) is 32.1 Å². The molecule has 1 aromatic carbocycles. The van der Waals surface area contributed by atoms with Crippen molar-refractivity contribution >= 4 is 34.4 Å². The van der Waals surface area contributed by atoms with Crippen molar-refractivity contribution in [3.63, 3.8) is 0 Å². The molecule has 0 radical (unpaired) electrons. The predicted molar refractivity (Wildman–Crippen MR) is 104 cm³/mol. The summed E-state index contributed by atoms with van der Waals surface area (Å²) in [7, 11) is 0. The van der Waals surface area contributed by atoms with E-state index in [1.165, 1.54) is 30.8 Å². The van der Waals surface area contributed by atoms with Gasteiger partial charge in [-0.3, -0.25) is 19.5 Å². The smallest absolute Gasteiger partial charge is 0.321 e. The van der Waals surface area contributed by atoms with E-state index in [1.54, 1.807) is 12.1 Å². The number of hydrogen-bond donors (Lipinski definition) is 2. The zero-order chi connectivity index (χ0) is 19.2. The number of aromatic nitrogens is 2. The molecular weight excluding hydrogens is 368 g/mol. The number of nitrogens with one attached hydrogen (secondary N) is 2. The van der Waals surface area contributed by atoms with Gasteiger partial charge in [-0.15, -0.1) is 0 Å². The number of carbonyl (C=O) groups excluding carboxylic acids is 2. The fourth-order valence-corrected chi connectivity index (χ4v) is 3.25. The first-order chi connectivity index (χ1) is 13.0. The van der Waals surface area contributed by atoms with E-state index in [9.17, 15) is 14.4 Å². The van der Waals surface area contributed by atoms with Gasteiger partial charge in [-0.05, 0) is 50.3 Å². The van der Waals surface area contributed by atoms with Gasteiger partial charge >= 0.3 is 6.03 Å². The normalized spacial score (nSPS) is 13.9. The quantitative estimate of drug-likeness (QED) is 0.770. The summed E-state index contributed by atoms with van der Waals surface area (Å²) in [4.78, 5) is 40.5. The van der Waals surface area contributed by atoms with Crippen LogP contribution in [0.4, 0.5) is 4.79 Å². The van der Waals surface area contributed by atoms with Crippen LogP contribution in [-0.4, -0.2) is 28.0 Å². The van der Waals surface area contributed by atoms with Gasteiger partial charge in [0.2, 0.25) is 5.91 Å². The van der Waals surface area contributed by atoms with Crippen molar-refractivity contribution in [1.82, 2.24) is 20.2 Å². The number of halogens is 1. The Labute approximate surface area is 161 Å². The zero-order valence-electron chi connectivity index (χ0n) is 14.8. The minimum absolute atomic E-state index is 0.299. The van der Waals surface area contributed by atoms with Crippen molar-refractivity contribution in [1.29, 1.82) is 0 Å². The van der Waals surface area contributed by atoms with E-state index in [2.05, 4.69) is 21.7 Å². The molecule has 0 saturated carbocycles. The van der Waals surface area contributed by atoms with Crippen LogP contribution in [-0.2, 0) is 11.3 Å². The lowest BCUT2D eigenvalue weighted by Gasteiger charge is -2.13. The van der Waals surface area contributed by atoms with Crippen molar-refractivity contribution in [2.75, 3.05) is 6.54 Å². The van der Waals surface area contributed by atoms with E-state index in [4.69, 9.17) is 11.6 Å². The molecule has 1 heterocycles. The maximum Gasteiger partial charge on any atom is 0.321 e. The average Bonchev–Trinajstić information content (AvgIpc) is 2.65. The standard InChI is InChI=1S/C19H21ClN4O3/c20-14-6-7-16-15(10-14)18(26)24(12-22-16)11-17(25)23-19(27)21-9-8-13-4-2-1-3-5-13/h4,6-7,10,12H,1-3,5,8-9,11H2,(H2,21,23,25,27). The predicted octanol–water partition coefficient (Wildman–Crippen LogP) is 2.77. The maximum absolute atomic E-state index is 12.4. The third kappa shape index (κ3) is 5.17. The summed E-state index contributed by atoms with van der Waals surface area (Å²) in [6.07, 6.45) is 8.88. The van der Waals surface area contributed by atoms with Gasteiger partial charge in [-0.2, -0.15) is 0 Å². The van der Waals surface area contributed by atoms with Crippen molar-refractivity contribution < 1.29 is 9.59 Å². The van der Waals surface area contributed by atoms with E-state index in [1.807, 2.05) is 0 Å². The zero-order valence-corrected chi connectivity index (χ0v) is 15.6. The van der Waals surface area contributed by atoms with E-state index >= 15 is 0 Å². The van der Waals surface area contributed by atoms with E-state index in [0.29, 0.717) is 22.5 Å². The molecule has 142 valence electrons. The van der Waals surface area contributed by atoms with Gasteiger partial charge in [0.25, 0.3) is 5.56 Å². The molecule has 0 bridgehead atoms. The number of carbonyl (C=O) groups is 2. The van der Waals surface area contributed by atoms with Crippen molar-refractivity contribution in [2.45, 2.75) is 38.6 Å². The Kier molecular flexibility index (Phi) is 6.24. The molecule has 0 fully saturated rings. The van der Waals surface area contributed by atoms with Crippen LogP contribution in [0, 0.1) is 0 Å². The number of fused-ring (bicyclic) bond motifs is 1. The largest absolute Gasteiger partial charge is 0.337 e. The molecular formula is C19H21ClN4O3. The SMILES string of the molecule is O=C(Cn1cnc2ccc(Cl)cc2c1=O)NC(=O)NCCC1=CCCCC1. The number of nitrogens with zero attached hydrogens (tertiary/aromatic N) is 2. The minimum atomic E-state index is -0.588. The number of benzene rings is 1. The second-order valence-electron chi connectivity index (χ2n) is 6.50. The topological polar surface area (TPSA) is 93.1 Å². The molecule has 0 saturated heterocycles. The Morgan fingerprint density at radius 3 is 2.89 bits per heavy atom. The molecule has 0 aliphatic heterocycles. The molecule has 27 heavy (non-hydrogen) atoms. The summed E-state index contributed by atoms with van der Waals surface area (Å²) in [5, 5.41) is 5.63. The van der Waals surface area contributed by atoms with Crippen molar-refractivity contribution in [3.8, 4) is 0 Å². The highest BCUT2D eigenvalue weighted by Crippen LogP contribution is 2.19. The van der Waals surface area contributed by atoms with Gasteiger partial charge in [-0.1, -0.05) is 23.3 Å². The summed E-state index contributed by atoms with van der Waals surface area (Å²) in [6, 6.07) is 4.22. The Bertz CT molecular complexity index is 952. The molecule has 0 unspecified atom stereocenters. The van der Waals surface area contributed by atoms with E-state index < -0.39 is 11.9 Å². The number of urea groups is 1. The lowest BCUT2D eigenvalue weighted by molar-refractivity contribution is -0.120. The van der Waals surface area contributed by atoms with E-state index in [-0.39, 0.29) is 12.1 Å². The third-order valence-corrected chi connectivity index (χ3v) is 4.70. The summed E-state index contributed by atoms with van der Waals surface area (Å²) in [6.45, 7) is 0.174. The van der Waals surface area contributed by atoms with Crippen LogP contribution >= 0.6 is 11.6 Å². The molecule has 2 aromatic rings. The molecule has 8 heteroatoms. The summed E-state index contributed by atoms with van der Waals surface area (Å²) < 4.78 is 1.15. The molecule has 0 spiro atoms. The second kappa shape index (κ2) is 8.81. The highest BCUT2D eigenvalue weighted by atomic mass is 35.5. The van der Waals surface area contributed by atoms with Crippen LogP contribution in [0.15, 0.2) is 41.0 Å². The fraction of sp³-hybridized carbons (Fsp3) is 0.368. The third-order valence-electron chi connectivity index (χ3n) is 4.47. The Morgan fingerprint density at radius 2 is 2.11 bits per heavy atom. The fourth-order valence-electron chi connectivity index (χ4n) is 3.08. The minimum Gasteiger partial charge on any atom is -0.337 e. The summed E-state index contributed by atoms with van der Waals surface area (Å²) in [5.74, 6) is -0.588. The highest BCUT2D eigenvalue weighted by molar-refractivity contribution is 6.31. The first-order valence-corrected chi connectivity index (χ1v) is 9.31. The lowest BCUT2D eigenvalue weighted by Crippen LogP contribution is -2.42. The lowest BCUT2D eigenvalue weighted by atomic mass is 9.97. The average molecular weight is 389 g/mol. The van der Waals surface area contributed by atoms with Gasteiger partial charge in [0.1, 0.15) is 6.54 Å². The van der Waals surface area contributed by atoms with Gasteiger partial charge in [0.05, 0.1) is 17.2 Å². The number of amides is 3. The second-order valence-corrected chi connectivity index (χ2v) is 6.94. The monoisotopic (exact) mass is 388 g/mol. The highest BCUT2D eigenvalue weighted by Gasteiger charge is 2.12. The van der Waals surface area contributed by atoms with Gasteiger partial charge in [-0.25, -0.2) is 9.78 Å². The number of imide groups is 1. The molecule has 3 rings (SSSR count). The number of allylic oxidation sites excluding steroid dienone is 1. The summed E-state index contributed by atoms with van der Waals surface area (Å²) >= 11 is 5.91. The summed E-state index contributed by atoms with van der Waals surface area (Å²) in [5.41, 5.74) is 1.46. The molecule has 1 aliphatic carbocycles. The van der Waals surface area contributed by atoms with Gasteiger partial charge in [0, 0.05) is 11.6 Å². The molecule has 1 aliphatic rings. The first kappa shape index (κ1) is 19.1. The van der Waals surface area contributed by atoms with Crippen LogP contribution < -0.4 is 16.2 Å². The maximum atomic E-state index is 12.4. The van der Waals surface area contributed by atoms with Crippen LogP contribution in [0.2, 0.25) is 5.02 Å². The Hall–Kier alpha value is -2.67. The first-order valence-electron chi connectivity index (χ1n) is 8.93. The van der Waals surface area contributed by atoms with Crippen molar-refractivity contribution in [3.05, 3.63) is 51.6 Å². The molecule has 1 aromatic heterocycles. The Morgan fingerprint density at radius 1 is 1.26 bits per heavy atom. The van der Waals surface area contributed by atoms with Gasteiger partial charge < -0.3 is 5.32 Å². The molecule has 0 atom stereocenters. The van der Waals surface area contributed by atoms with Crippen LogP contribution in [0.25, 0.3) is 10.9 Å². The molecule has 2 N–H and O–H groups in total. The van der Waals surface area contributed by atoms with E-state index in [0.717, 1.165) is 23.8 Å². The van der Waals surface area contributed by atoms with Crippen LogP contribution in [0.5, 0.6) is 0 Å². The Balaban J connectivity index is 1.53.